The highest BCUT2D eigenvalue weighted by molar-refractivity contribution is 5.81. The van der Waals surface area contributed by atoms with Gasteiger partial charge < -0.3 is 14.7 Å². The molecule has 0 aliphatic rings. The Kier molecular flexibility index (Phi) is 7.70. The van der Waals surface area contributed by atoms with Crippen LogP contribution < -0.4 is 0 Å². The van der Waals surface area contributed by atoms with Gasteiger partial charge in [-0.15, -0.1) is 0 Å². The average molecular weight is 347 g/mol. The standard InChI is InChI=1S/C16H20F3NO4/c1-2-24-9-3-4-14(21)20(11-15(22)23)10-12-5-7-13(8-6-12)16(17,18)19/h5-8H,2-4,9-11H2,1H3,(H,22,23). The minimum Gasteiger partial charge on any atom is -0.480 e. The van der Waals surface area contributed by atoms with Gasteiger partial charge in [0.1, 0.15) is 6.54 Å². The van der Waals surface area contributed by atoms with Gasteiger partial charge in [0.05, 0.1) is 5.56 Å². The molecule has 1 amide bonds. The van der Waals surface area contributed by atoms with E-state index < -0.39 is 24.3 Å². The molecule has 1 aromatic carbocycles. The third-order valence-corrected chi connectivity index (χ3v) is 3.22. The number of benzene rings is 1. The number of ether oxygens (including phenoxy) is 1. The van der Waals surface area contributed by atoms with Gasteiger partial charge >= 0.3 is 12.1 Å². The summed E-state index contributed by atoms with van der Waals surface area (Å²) < 4.78 is 42.7. The fourth-order valence-electron chi connectivity index (χ4n) is 2.04. The first kappa shape index (κ1) is 20.0. The molecular weight excluding hydrogens is 327 g/mol. The zero-order valence-electron chi connectivity index (χ0n) is 13.3. The summed E-state index contributed by atoms with van der Waals surface area (Å²) in [7, 11) is 0. The molecule has 0 aliphatic carbocycles. The molecule has 0 radical (unpaired) electrons. The van der Waals surface area contributed by atoms with Crippen molar-refractivity contribution in [2.24, 2.45) is 0 Å². The number of aliphatic carboxylic acids is 1. The second-order valence-electron chi connectivity index (χ2n) is 5.14. The van der Waals surface area contributed by atoms with E-state index >= 15 is 0 Å². The van der Waals surface area contributed by atoms with Gasteiger partial charge in [-0.05, 0) is 31.0 Å². The van der Waals surface area contributed by atoms with Crippen LogP contribution in [0.3, 0.4) is 0 Å². The van der Waals surface area contributed by atoms with Gasteiger partial charge in [-0.1, -0.05) is 12.1 Å². The summed E-state index contributed by atoms with van der Waals surface area (Å²) >= 11 is 0. The van der Waals surface area contributed by atoms with Crippen molar-refractivity contribution in [2.45, 2.75) is 32.5 Å². The van der Waals surface area contributed by atoms with Crippen molar-refractivity contribution in [1.29, 1.82) is 0 Å². The maximum atomic E-state index is 12.5. The summed E-state index contributed by atoms with van der Waals surface area (Å²) in [5.74, 6) is -1.56. The SMILES string of the molecule is CCOCCCC(=O)N(CC(=O)O)Cc1ccc(C(F)(F)F)cc1. The molecule has 0 unspecified atom stereocenters. The summed E-state index contributed by atoms with van der Waals surface area (Å²) in [4.78, 5) is 24.1. The Labute approximate surface area is 138 Å². The summed E-state index contributed by atoms with van der Waals surface area (Å²) in [6, 6.07) is 4.30. The van der Waals surface area contributed by atoms with Crippen LogP contribution in [0, 0.1) is 0 Å². The Balaban J connectivity index is 2.71. The number of hydrogen-bond acceptors (Lipinski definition) is 3. The van der Waals surface area contributed by atoms with Crippen LogP contribution >= 0.6 is 0 Å². The van der Waals surface area contributed by atoms with Crippen LogP contribution in [0.1, 0.15) is 30.9 Å². The van der Waals surface area contributed by atoms with Gasteiger partial charge in [0, 0.05) is 26.2 Å². The van der Waals surface area contributed by atoms with Crippen LogP contribution in [0.15, 0.2) is 24.3 Å². The fourth-order valence-corrected chi connectivity index (χ4v) is 2.04. The normalized spacial score (nSPS) is 11.3. The lowest BCUT2D eigenvalue weighted by atomic mass is 10.1. The van der Waals surface area contributed by atoms with Crippen molar-refractivity contribution < 1.29 is 32.6 Å². The lowest BCUT2D eigenvalue weighted by molar-refractivity contribution is -0.145. The Morgan fingerprint density at radius 2 is 1.83 bits per heavy atom. The van der Waals surface area contributed by atoms with E-state index in [0.717, 1.165) is 17.0 Å². The number of carbonyl (C=O) groups excluding carboxylic acids is 1. The fraction of sp³-hybridized carbons (Fsp3) is 0.500. The smallest absolute Gasteiger partial charge is 0.416 e. The molecule has 0 aliphatic heterocycles. The third kappa shape index (κ3) is 6.99. The number of nitrogens with zero attached hydrogens (tertiary/aromatic N) is 1. The van der Waals surface area contributed by atoms with E-state index in [0.29, 0.717) is 25.2 Å². The molecule has 0 saturated carbocycles. The highest BCUT2D eigenvalue weighted by Crippen LogP contribution is 2.29. The molecule has 0 spiro atoms. The van der Waals surface area contributed by atoms with Crippen molar-refractivity contribution in [2.75, 3.05) is 19.8 Å². The molecule has 0 aromatic heterocycles. The molecule has 134 valence electrons. The third-order valence-electron chi connectivity index (χ3n) is 3.22. The number of rotatable bonds is 9. The van der Waals surface area contributed by atoms with Crippen LogP contribution in [0.2, 0.25) is 0 Å². The van der Waals surface area contributed by atoms with Crippen molar-refractivity contribution in [3.05, 3.63) is 35.4 Å². The zero-order valence-corrected chi connectivity index (χ0v) is 13.3. The van der Waals surface area contributed by atoms with Crippen molar-refractivity contribution in [3.63, 3.8) is 0 Å². The Morgan fingerprint density at radius 3 is 2.33 bits per heavy atom. The van der Waals surface area contributed by atoms with E-state index in [2.05, 4.69) is 0 Å². The maximum Gasteiger partial charge on any atom is 0.416 e. The summed E-state index contributed by atoms with van der Waals surface area (Å²) in [5.41, 5.74) is -0.360. The van der Waals surface area contributed by atoms with E-state index in [1.54, 1.807) is 0 Å². The van der Waals surface area contributed by atoms with Crippen LogP contribution in [0.25, 0.3) is 0 Å². The Bertz CT molecular complexity index is 543. The van der Waals surface area contributed by atoms with Crippen molar-refractivity contribution in [1.82, 2.24) is 4.90 Å². The molecule has 1 aromatic rings. The Morgan fingerprint density at radius 1 is 1.21 bits per heavy atom. The van der Waals surface area contributed by atoms with Crippen LogP contribution in [-0.2, 0) is 27.0 Å². The van der Waals surface area contributed by atoms with Crippen molar-refractivity contribution >= 4 is 11.9 Å². The van der Waals surface area contributed by atoms with Crippen LogP contribution in [-0.4, -0.2) is 41.6 Å². The molecule has 1 rings (SSSR count). The number of carboxylic acids is 1. The second-order valence-corrected chi connectivity index (χ2v) is 5.14. The molecule has 0 bridgehead atoms. The molecule has 0 saturated heterocycles. The van der Waals surface area contributed by atoms with Gasteiger partial charge in [-0.2, -0.15) is 13.2 Å². The largest absolute Gasteiger partial charge is 0.480 e. The van der Waals surface area contributed by atoms with E-state index in [1.165, 1.54) is 12.1 Å². The van der Waals surface area contributed by atoms with Crippen molar-refractivity contribution in [3.8, 4) is 0 Å². The molecule has 0 atom stereocenters. The minimum atomic E-state index is -4.44. The molecule has 0 heterocycles. The molecule has 0 fully saturated rings. The van der Waals surface area contributed by atoms with E-state index in [9.17, 15) is 22.8 Å². The quantitative estimate of drug-likeness (QED) is 0.698. The lowest BCUT2D eigenvalue weighted by Crippen LogP contribution is -2.35. The van der Waals surface area contributed by atoms with Gasteiger partial charge in [0.15, 0.2) is 0 Å². The number of amides is 1. The highest BCUT2D eigenvalue weighted by Gasteiger charge is 2.30. The highest BCUT2D eigenvalue weighted by atomic mass is 19.4. The van der Waals surface area contributed by atoms with E-state index in [1.807, 2.05) is 6.92 Å². The number of carbonyl (C=O) groups is 2. The number of alkyl halides is 3. The average Bonchev–Trinajstić information content (AvgIpc) is 2.50. The number of hydrogen-bond donors (Lipinski definition) is 1. The predicted octanol–water partition coefficient (Wildman–Crippen LogP) is 2.94. The van der Waals surface area contributed by atoms with Gasteiger partial charge in [-0.3, -0.25) is 9.59 Å². The lowest BCUT2D eigenvalue weighted by Gasteiger charge is -2.21. The molecular formula is C16H20F3NO4. The molecule has 24 heavy (non-hydrogen) atoms. The van der Waals surface area contributed by atoms with Gasteiger partial charge in [0.2, 0.25) is 5.91 Å². The predicted molar refractivity (Wildman–Crippen MR) is 80.2 cm³/mol. The first-order valence-electron chi connectivity index (χ1n) is 7.47. The summed E-state index contributed by atoms with van der Waals surface area (Å²) in [6.07, 6.45) is -3.86. The molecule has 5 nitrogen and oxygen atoms in total. The zero-order chi connectivity index (χ0) is 18.2. The van der Waals surface area contributed by atoms with E-state index in [4.69, 9.17) is 9.84 Å². The van der Waals surface area contributed by atoms with Crippen LogP contribution in [0.5, 0.6) is 0 Å². The number of carboxylic acid groups (broad SMARTS) is 1. The topological polar surface area (TPSA) is 66.8 Å². The summed E-state index contributed by atoms with van der Waals surface area (Å²) in [6.45, 7) is 2.18. The van der Waals surface area contributed by atoms with E-state index in [-0.39, 0.29) is 18.9 Å². The van der Waals surface area contributed by atoms with Crippen LogP contribution in [0.4, 0.5) is 13.2 Å². The van der Waals surface area contributed by atoms with Gasteiger partial charge in [-0.25, -0.2) is 0 Å². The monoisotopic (exact) mass is 347 g/mol. The molecule has 1 N–H and O–H groups in total. The summed E-state index contributed by atoms with van der Waals surface area (Å²) in [5, 5.41) is 8.90. The minimum absolute atomic E-state index is 0.0576. The van der Waals surface area contributed by atoms with Gasteiger partial charge in [0.25, 0.3) is 0 Å². The molecule has 8 heteroatoms. The maximum absolute atomic E-state index is 12.5. The second kappa shape index (κ2) is 9.27. The Hall–Kier alpha value is -2.09. The first-order chi connectivity index (χ1) is 11.2. The first-order valence-corrected chi connectivity index (χ1v) is 7.47. The number of halogens is 3.